The number of fused-ring (bicyclic) bond motifs is 1. The van der Waals surface area contributed by atoms with Gasteiger partial charge in [0.15, 0.2) is 0 Å². The van der Waals surface area contributed by atoms with E-state index in [1.165, 1.54) is 11.1 Å². The summed E-state index contributed by atoms with van der Waals surface area (Å²) >= 11 is 6.10. The minimum Gasteiger partial charge on any atom is -0.378 e. The van der Waals surface area contributed by atoms with Crippen LogP contribution in [0.4, 0.5) is 5.69 Å². The molecule has 106 valence electrons. The van der Waals surface area contributed by atoms with Gasteiger partial charge < -0.3 is 10.6 Å². The van der Waals surface area contributed by atoms with E-state index in [1.54, 1.807) is 6.07 Å². The van der Waals surface area contributed by atoms with E-state index in [0.717, 1.165) is 25.2 Å². The molecule has 1 aliphatic heterocycles. The van der Waals surface area contributed by atoms with Crippen LogP contribution in [0.1, 0.15) is 29.2 Å². The zero-order chi connectivity index (χ0) is 14.7. The molecule has 4 heteroatoms. The Morgan fingerprint density at radius 1 is 1.24 bits per heavy atom. The van der Waals surface area contributed by atoms with Crippen LogP contribution in [0.25, 0.3) is 0 Å². The lowest BCUT2D eigenvalue weighted by atomic mass is 9.99. The standard InChI is InChI=1S/C17H16ClN3/c18-16-9-14(6-5-12(16)10-19)21-17-7-8-20-11-13-3-1-2-4-15(13)17/h1-6,9,17,20-21H,7-8,11H2. The van der Waals surface area contributed by atoms with Crippen molar-refractivity contribution in [2.45, 2.75) is 19.0 Å². The number of anilines is 1. The van der Waals surface area contributed by atoms with Crippen molar-refractivity contribution in [1.29, 1.82) is 5.26 Å². The molecule has 0 bridgehead atoms. The molecule has 1 unspecified atom stereocenters. The molecule has 0 aliphatic carbocycles. The fraction of sp³-hybridized carbons (Fsp3) is 0.235. The molecular weight excluding hydrogens is 282 g/mol. The SMILES string of the molecule is N#Cc1ccc(NC2CCNCc3ccccc32)cc1Cl. The quantitative estimate of drug-likeness (QED) is 0.885. The predicted octanol–water partition coefficient (Wildman–Crippen LogP) is 3.86. The van der Waals surface area contributed by atoms with Crippen molar-refractivity contribution in [1.82, 2.24) is 5.32 Å². The van der Waals surface area contributed by atoms with E-state index < -0.39 is 0 Å². The van der Waals surface area contributed by atoms with Crippen LogP contribution < -0.4 is 10.6 Å². The number of rotatable bonds is 2. The largest absolute Gasteiger partial charge is 0.378 e. The van der Waals surface area contributed by atoms with Crippen LogP contribution in [-0.2, 0) is 6.54 Å². The molecule has 1 aliphatic rings. The molecular formula is C17H16ClN3. The van der Waals surface area contributed by atoms with Gasteiger partial charge in [0.25, 0.3) is 0 Å². The molecule has 0 saturated heterocycles. The summed E-state index contributed by atoms with van der Waals surface area (Å²) in [6.07, 6.45) is 1.01. The van der Waals surface area contributed by atoms with Crippen LogP contribution in [0.2, 0.25) is 5.02 Å². The maximum atomic E-state index is 8.93. The van der Waals surface area contributed by atoms with Gasteiger partial charge in [-0.05, 0) is 42.3 Å². The van der Waals surface area contributed by atoms with Crippen molar-refractivity contribution >= 4 is 17.3 Å². The van der Waals surface area contributed by atoms with Crippen molar-refractivity contribution in [3.05, 3.63) is 64.2 Å². The van der Waals surface area contributed by atoms with E-state index >= 15 is 0 Å². The monoisotopic (exact) mass is 297 g/mol. The Labute approximate surface area is 129 Å². The normalized spacial score (nSPS) is 17.4. The third-order valence-corrected chi connectivity index (χ3v) is 4.10. The first-order chi connectivity index (χ1) is 10.3. The summed E-state index contributed by atoms with van der Waals surface area (Å²) in [6, 6.07) is 16.3. The van der Waals surface area contributed by atoms with Crippen LogP contribution in [-0.4, -0.2) is 6.54 Å². The van der Waals surface area contributed by atoms with E-state index in [-0.39, 0.29) is 6.04 Å². The molecule has 2 aromatic carbocycles. The van der Waals surface area contributed by atoms with Gasteiger partial charge in [0.2, 0.25) is 0 Å². The summed E-state index contributed by atoms with van der Waals surface area (Å²) in [6.45, 7) is 1.87. The summed E-state index contributed by atoms with van der Waals surface area (Å²) in [5.41, 5.74) is 4.10. The van der Waals surface area contributed by atoms with E-state index in [1.807, 2.05) is 12.1 Å². The molecule has 3 nitrogen and oxygen atoms in total. The molecule has 21 heavy (non-hydrogen) atoms. The van der Waals surface area contributed by atoms with Crippen molar-refractivity contribution < 1.29 is 0 Å². The average molecular weight is 298 g/mol. The van der Waals surface area contributed by atoms with E-state index in [0.29, 0.717) is 10.6 Å². The van der Waals surface area contributed by atoms with Gasteiger partial charge in [0.05, 0.1) is 16.6 Å². The minimum absolute atomic E-state index is 0.250. The zero-order valence-electron chi connectivity index (χ0n) is 11.6. The molecule has 0 fully saturated rings. The van der Waals surface area contributed by atoms with Crippen molar-refractivity contribution in [3.63, 3.8) is 0 Å². The molecule has 0 spiro atoms. The van der Waals surface area contributed by atoms with Gasteiger partial charge in [-0.25, -0.2) is 0 Å². The molecule has 0 aromatic heterocycles. The molecule has 0 radical (unpaired) electrons. The lowest BCUT2D eigenvalue weighted by Gasteiger charge is -2.20. The summed E-state index contributed by atoms with van der Waals surface area (Å²) in [7, 11) is 0. The summed E-state index contributed by atoms with van der Waals surface area (Å²) in [4.78, 5) is 0. The van der Waals surface area contributed by atoms with Gasteiger partial charge in [-0.1, -0.05) is 35.9 Å². The van der Waals surface area contributed by atoms with Crippen LogP contribution in [0.5, 0.6) is 0 Å². The Balaban J connectivity index is 1.88. The van der Waals surface area contributed by atoms with Crippen LogP contribution in [0.15, 0.2) is 42.5 Å². The molecule has 0 amide bonds. The molecule has 2 N–H and O–H groups in total. The number of halogens is 1. The fourth-order valence-electron chi connectivity index (χ4n) is 2.71. The highest BCUT2D eigenvalue weighted by Gasteiger charge is 2.18. The number of hydrogen-bond donors (Lipinski definition) is 2. The number of hydrogen-bond acceptors (Lipinski definition) is 3. The summed E-state index contributed by atoms with van der Waals surface area (Å²) in [5.74, 6) is 0. The highest BCUT2D eigenvalue weighted by Crippen LogP contribution is 2.29. The van der Waals surface area contributed by atoms with E-state index in [9.17, 15) is 0 Å². The smallest absolute Gasteiger partial charge is 0.101 e. The second-order valence-electron chi connectivity index (χ2n) is 5.17. The third kappa shape index (κ3) is 3.02. The summed E-state index contributed by atoms with van der Waals surface area (Å²) in [5, 5.41) is 16.4. The van der Waals surface area contributed by atoms with Crippen molar-refractivity contribution in [2.24, 2.45) is 0 Å². The molecule has 1 atom stereocenters. The Bertz CT molecular complexity index is 691. The number of nitrogens with one attached hydrogen (secondary N) is 2. The molecule has 1 heterocycles. The van der Waals surface area contributed by atoms with Gasteiger partial charge >= 0.3 is 0 Å². The third-order valence-electron chi connectivity index (χ3n) is 3.79. The molecule has 0 saturated carbocycles. The van der Waals surface area contributed by atoms with Crippen LogP contribution in [0, 0.1) is 11.3 Å². The van der Waals surface area contributed by atoms with Crippen LogP contribution >= 0.6 is 11.6 Å². The Morgan fingerprint density at radius 3 is 2.90 bits per heavy atom. The fourth-order valence-corrected chi connectivity index (χ4v) is 2.93. The van der Waals surface area contributed by atoms with Crippen molar-refractivity contribution in [2.75, 3.05) is 11.9 Å². The lowest BCUT2D eigenvalue weighted by Crippen LogP contribution is -2.15. The lowest BCUT2D eigenvalue weighted by molar-refractivity contribution is 0.637. The van der Waals surface area contributed by atoms with Crippen molar-refractivity contribution in [3.8, 4) is 6.07 Å². The van der Waals surface area contributed by atoms with Crippen LogP contribution in [0.3, 0.4) is 0 Å². The topological polar surface area (TPSA) is 47.9 Å². The first kappa shape index (κ1) is 13.9. The second-order valence-corrected chi connectivity index (χ2v) is 5.57. The van der Waals surface area contributed by atoms with Gasteiger partial charge in [-0.15, -0.1) is 0 Å². The minimum atomic E-state index is 0.250. The van der Waals surface area contributed by atoms with Gasteiger partial charge in [-0.2, -0.15) is 5.26 Å². The highest BCUT2D eigenvalue weighted by atomic mass is 35.5. The number of nitrogens with zero attached hydrogens (tertiary/aromatic N) is 1. The Kier molecular flexibility index (Phi) is 4.10. The number of benzene rings is 2. The molecule has 2 aromatic rings. The second kappa shape index (κ2) is 6.17. The Morgan fingerprint density at radius 2 is 2.10 bits per heavy atom. The first-order valence-corrected chi connectivity index (χ1v) is 7.40. The van der Waals surface area contributed by atoms with Gasteiger partial charge in [0.1, 0.15) is 6.07 Å². The zero-order valence-corrected chi connectivity index (χ0v) is 12.3. The average Bonchev–Trinajstić information content (AvgIpc) is 2.70. The van der Waals surface area contributed by atoms with E-state index in [2.05, 4.69) is 41.0 Å². The Hall–Kier alpha value is -2.02. The first-order valence-electron chi connectivity index (χ1n) is 7.02. The maximum absolute atomic E-state index is 8.93. The van der Waals surface area contributed by atoms with E-state index in [4.69, 9.17) is 16.9 Å². The van der Waals surface area contributed by atoms with Gasteiger partial charge in [0, 0.05) is 12.2 Å². The van der Waals surface area contributed by atoms with Gasteiger partial charge in [-0.3, -0.25) is 0 Å². The highest BCUT2D eigenvalue weighted by molar-refractivity contribution is 6.32. The molecule has 3 rings (SSSR count). The summed E-state index contributed by atoms with van der Waals surface area (Å²) < 4.78 is 0. The predicted molar refractivity (Wildman–Crippen MR) is 85.3 cm³/mol. The maximum Gasteiger partial charge on any atom is 0.101 e. The number of nitriles is 1.